The van der Waals surface area contributed by atoms with E-state index in [0.717, 1.165) is 12.8 Å². The first-order chi connectivity index (χ1) is 6.85. The van der Waals surface area contributed by atoms with Gasteiger partial charge in [-0.15, -0.1) is 0 Å². The van der Waals surface area contributed by atoms with Crippen LogP contribution in [0.5, 0.6) is 0 Å². The van der Waals surface area contributed by atoms with Crippen LogP contribution in [-0.2, 0) is 9.47 Å². The Hall–Kier alpha value is -0.600. The predicted molar refractivity (Wildman–Crippen MR) is 60.2 cm³/mol. The zero-order valence-electron chi connectivity index (χ0n) is 9.53. The quantitative estimate of drug-likeness (QED) is 0.440. The third-order valence-corrected chi connectivity index (χ3v) is 1.65. The van der Waals surface area contributed by atoms with Crippen molar-refractivity contribution in [2.45, 2.75) is 39.9 Å². The molecule has 0 rings (SSSR count). The minimum absolute atomic E-state index is 0.0868. The van der Waals surface area contributed by atoms with Crippen LogP contribution in [-0.4, -0.2) is 19.5 Å². The number of hydrogen-bond acceptors (Lipinski definition) is 2. The Morgan fingerprint density at radius 2 is 1.50 bits per heavy atom. The second kappa shape index (κ2) is 10.5. The Labute approximate surface area is 87.6 Å². The zero-order chi connectivity index (χ0) is 10.6. The number of ether oxygens (including phenoxy) is 2. The minimum atomic E-state index is -0.0868. The Kier molecular flexibility index (Phi) is 10.0. The van der Waals surface area contributed by atoms with E-state index in [2.05, 4.69) is 25.2 Å². The minimum Gasteiger partial charge on any atom is -0.353 e. The van der Waals surface area contributed by atoms with Crippen molar-refractivity contribution in [3.8, 4) is 0 Å². The molecule has 14 heavy (non-hydrogen) atoms. The van der Waals surface area contributed by atoms with Crippen molar-refractivity contribution in [3.05, 3.63) is 24.3 Å². The average Bonchev–Trinajstić information content (AvgIpc) is 2.18. The first kappa shape index (κ1) is 13.4. The lowest BCUT2D eigenvalue weighted by molar-refractivity contribution is -0.133. The van der Waals surface area contributed by atoms with E-state index < -0.39 is 0 Å². The maximum Gasteiger partial charge on any atom is 0.160 e. The van der Waals surface area contributed by atoms with E-state index in [-0.39, 0.29) is 6.29 Å². The molecule has 82 valence electrons. The normalized spacial score (nSPS) is 12.3. The van der Waals surface area contributed by atoms with Crippen LogP contribution in [0, 0.1) is 0 Å². The summed E-state index contributed by atoms with van der Waals surface area (Å²) in [6.45, 7) is 7.47. The molecule has 0 aromatic heterocycles. The van der Waals surface area contributed by atoms with Crippen LogP contribution < -0.4 is 0 Å². The van der Waals surface area contributed by atoms with Crippen molar-refractivity contribution >= 4 is 0 Å². The van der Waals surface area contributed by atoms with Crippen molar-refractivity contribution < 1.29 is 9.47 Å². The standard InChI is InChI=1S/C12H22O2/c1-4-7-8-9-10-11-12(13-5-2)14-6-3/h7-10,12H,4-6,11H2,1-3H3/b8-7+,10-9+. The van der Waals surface area contributed by atoms with Gasteiger partial charge in [0, 0.05) is 19.6 Å². The summed E-state index contributed by atoms with van der Waals surface area (Å²) in [5.74, 6) is 0. The molecule has 0 aromatic carbocycles. The fourth-order valence-corrected chi connectivity index (χ4v) is 1.04. The lowest BCUT2D eigenvalue weighted by Crippen LogP contribution is -2.16. The lowest BCUT2D eigenvalue weighted by Gasteiger charge is -2.14. The van der Waals surface area contributed by atoms with Gasteiger partial charge in [-0.25, -0.2) is 0 Å². The molecule has 2 nitrogen and oxygen atoms in total. The summed E-state index contributed by atoms with van der Waals surface area (Å²) in [5, 5.41) is 0. The molecule has 0 unspecified atom stereocenters. The average molecular weight is 198 g/mol. The maximum absolute atomic E-state index is 5.39. The van der Waals surface area contributed by atoms with Crippen LogP contribution in [0.3, 0.4) is 0 Å². The van der Waals surface area contributed by atoms with Gasteiger partial charge in [0.1, 0.15) is 0 Å². The van der Waals surface area contributed by atoms with E-state index in [9.17, 15) is 0 Å². The first-order valence-corrected chi connectivity index (χ1v) is 5.39. The topological polar surface area (TPSA) is 18.5 Å². The molecular weight excluding hydrogens is 176 g/mol. The van der Waals surface area contributed by atoms with Gasteiger partial charge in [-0.1, -0.05) is 31.2 Å². The van der Waals surface area contributed by atoms with Crippen LogP contribution >= 0.6 is 0 Å². The smallest absolute Gasteiger partial charge is 0.160 e. The van der Waals surface area contributed by atoms with Crippen LogP contribution in [0.1, 0.15) is 33.6 Å². The van der Waals surface area contributed by atoms with E-state index in [1.165, 1.54) is 0 Å². The summed E-state index contributed by atoms with van der Waals surface area (Å²) in [6.07, 6.45) is 10.1. The van der Waals surface area contributed by atoms with Gasteiger partial charge in [0.15, 0.2) is 6.29 Å². The third kappa shape index (κ3) is 8.02. The zero-order valence-corrected chi connectivity index (χ0v) is 9.53. The van der Waals surface area contributed by atoms with Crippen molar-refractivity contribution in [2.75, 3.05) is 13.2 Å². The molecule has 0 saturated heterocycles. The Morgan fingerprint density at radius 1 is 0.929 bits per heavy atom. The molecule has 0 atom stereocenters. The van der Waals surface area contributed by atoms with Gasteiger partial charge in [-0.3, -0.25) is 0 Å². The summed E-state index contributed by atoms with van der Waals surface area (Å²) < 4.78 is 10.8. The Morgan fingerprint density at radius 3 is 2.00 bits per heavy atom. The fraction of sp³-hybridized carbons (Fsp3) is 0.667. The summed E-state index contributed by atoms with van der Waals surface area (Å²) in [5.41, 5.74) is 0. The number of allylic oxidation sites excluding steroid dienone is 3. The summed E-state index contributed by atoms with van der Waals surface area (Å²) in [6, 6.07) is 0. The molecule has 0 bridgehead atoms. The lowest BCUT2D eigenvalue weighted by atomic mass is 10.3. The SMILES string of the molecule is CC/C=C/C=C/CC(OCC)OCC. The van der Waals surface area contributed by atoms with Crippen LogP contribution in [0.25, 0.3) is 0 Å². The van der Waals surface area contributed by atoms with Gasteiger partial charge >= 0.3 is 0 Å². The molecule has 0 saturated carbocycles. The van der Waals surface area contributed by atoms with Crippen molar-refractivity contribution in [1.29, 1.82) is 0 Å². The predicted octanol–water partition coefficient (Wildman–Crippen LogP) is 3.30. The van der Waals surface area contributed by atoms with Gasteiger partial charge in [-0.2, -0.15) is 0 Å². The maximum atomic E-state index is 5.39. The third-order valence-electron chi connectivity index (χ3n) is 1.65. The molecule has 0 amide bonds. The molecule has 0 aliphatic carbocycles. The van der Waals surface area contributed by atoms with Gasteiger partial charge in [0.25, 0.3) is 0 Å². The molecule has 2 heteroatoms. The molecule has 0 aliphatic heterocycles. The fourth-order valence-electron chi connectivity index (χ4n) is 1.04. The summed E-state index contributed by atoms with van der Waals surface area (Å²) in [7, 11) is 0. The molecule has 0 aliphatic rings. The highest BCUT2D eigenvalue weighted by atomic mass is 16.7. The van der Waals surface area contributed by atoms with Crippen molar-refractivity contribution in [3.63, 3.8) is 0 Å². The number of hydrogen-bond donors (Lipinski definition) is 0. The van der Waals surface area contributed by atoms with E-state index in [0.29, 0.717) is 13.2 Å². The molecule has 0 fully saturated rings. The van der Waals surface area contributed by atoms with Crippen molar-refractivity contribution in [2.24, 2.45) is 0 Å². The van der Waals surface area contributed by atoms with Gasteiger partial charge < -0.3 is 9.47 Å². The highest BCUT2D eigenvalue weighted by Crippen LogP contribution is 2.02. The van der Waals surface area contributed by atoms with Gasteiger partial charge in [0.05, 0.1) is 0 Å². The Balaban J connectivity index is 3.68. The molecule has 0 heterocycles. The van der Waals surface area contributed by atoms with Gasteiger partial charge in [-0.05, 0) is 20.3 Å². The number of rotatable bonds is 8. The monoisotopic (exact) mass is 198 g/mol. The van der Waals surface area contributed by atoms with E-state index in [4.69, 9.17) is 9.47 Å². The van der Waals surface area contributed by atoms with Crippen LogP contribution in [0.2, 0.25) is 0 Å². The molecule has 0 N–H and O–H groups in total. The molecule has 0 radical (unpaired) electrons. The van der Waals surface area contributed by atoms with E-state index in [1.807, 2.05) is 19.9 Å². The van der Waals surface area contributed by atoms with Crippen molar-refractivity contribution in [1.82, 2.24) is 0 Å². The largest absolute Gasteiger partial charge is 0.353 e. The second-order valence-corrected chi connectivity index (χ2v) is 2.84. The Bertz CT molecular complexity index is 156. The highest BCUT2D eigenvalue weighted by Gasteiger charge is 2.03. The molecule has 0 aromatic rings. The van der Waals surface area contributed by atoms with E-state index in [1.54, 1.807) is 0 Å². The summed E-state index contributed by atoms with van der Waals surface area (Å²) >= 11 is 0. The molecule has 0 spiro atoms. The summed E-state index contributed by atoms with van der Waals surface area (Å²) in [4.78, 5) is 0. The molecular formula is C12H22O2. The second-order valence-electron chi connectivity index (χ2n) is 2.84. The van der Waals surface area contributed by atoms with E-state index >= 15 is 0 Å². The van der Waals surface area contributed by atoms with Gasteiger partial charge in [0.2, 0.25) is 0 Å². The first-order valence-electron chi connectivity index (χ1n) is 5.39. The van der Waals surface area contributed by atoms with Crippen LogP contribution in [0.15, 0.2) is 24.3 Å². The highest BCUT2D eigenvalue weighted by molar-refractivity contribution is 5.02. The van der Waals surface area contributed by atoms with Crippen LogP contribution in [0.4, 0.5) is 0 Å².